The summed E-state index contributed by atoms with van der Waals surface area (Å²) in [6.45, 7) is -1.28. The molecule has 1 aromatic carbocycles. The van der Waals surface area contributed by atoms with Gasteiger partial charge in [-0.05, 0) is 37.0 Å². The molecule has 0 unspecified atom stereocenters. The van der Waals surface area contributed by atoms with E-state index in [4.69, 9.17) is 0 Å². The number of carbonyl (C=O) groups is 1. The summed E-state index contributed by atoms with van der Waals surface area (Å²) in [6.07, 6.45) is 4.77. The van der Waals surface area contributed by atoms with Crippen molar-refractivity contribution in [2.75, 3.05) is 13.1 Å². The second kappa shape index (κ2) is 8.38. The van der Waals surface area contributed by atoms with Gasteiger partial charge in [-0.15, -0.1) is 11.3 Å². The monoisotopic (exact) mass is 366 g/mol. The summed E-state index contributed by atoms with van der Waals surface area (Å²) in [5, 5.41) is 3.16. The van der Waals surface area contributed by atoms with Gasteiger partial charge in [-0.1, -0.05) is 12.1 Å². The second-order valence-corrected chi connectivity index (χ2v) is 6.97. The first-order valence-corrected chi connectivity index (χ1v) is 9.20. The first-order chi connectivity index (χ1) is 12.1. The highest BCUT2D eigenvalue weighted by Crippen LogP contribution is 2.29. The van der Waals surface area contributed by atoms with Crippen molar-refractivity contribution in [1.82, 2.24) is 9.88 Å². The van der Waals surface area contributed by atoms with E-state index in [0.29, 0.717) is 18.8 Å². The molecule has 0 atom stereocenters. The number of piperidine rings is 1. The molecule has 3 rings (SSSR count). The Bertz CT molecular complexity index is 669. The van der Waals surface area contributed by atoms with E-state index in [9.17, 15) is 13.6 Å². The smallest absolute Gasteiger partial charge is 0.387 e. The predicted octanol–water partition coefficient (Wildman–Crippen LogP) is 4.08. The summed E-state index contributed by atoms with van der Waals surface area (Å²) in [4.78, 5) is 18.6. The molecule has 2 heterocycles. The Kier molecular flexibility index (Phi) is 5.96. The molecule has 2 aromatic rings. The highest BCUT2D eigenvalue weighted by atomic mass is 32.1. The Morgan fingerprint density at radius 3 is 2.60 bits per heavy atom. The number of ether oxygens (including phenoxy) is 1. The molecule has 1 aliphatic rings. The number of benzene rings is 1. The lowest BCUT2D eigenvalue weighted by molar-refractivity contribution is -0.132. The standard InChI is InChI=1S/C18H20F2N2O2S/c19-18(20)24-15-4-1-13(2-5-15)3-6-16(23)22-10-7-14(8-11-22)17-21-9-12-25-17/h1-2,4-5,9,12,14,18H,3,6-8,10-11H2. The molecule has 0 radical (unpaired) electrons. The van der Waals surface area contributed by atoms with Crippen molar-refractivity contribution in [3.05, 3.63) is 46.4 Å². The van der Waals surface area contributed by atoms with E-state index < -0.39 is 6.61 Å². The normalized spacial score (nSPS) is 15.6. The van der Waals surface area contributed by atoms with Crippen LogP contribution in [0.2, 0.25) is 0 Å². The number of rotatable bonds is 6. The van der Waals surface area contributed by atoms with Crippen molar-refractivity contribution in [3.8, 4) is 5.75 Å². The van der Waals surface area contributed by atoms with Gasteiger partial charge in [0.15, 0.2) is 0 Å². The largest absolute Gasteiger partial charge is 0.435 e. The highest BCUT2D eigenvalue weighted by molar-refractivity contribution is 7.09. The molecule has 1 aliphatic heterocycles. The Morgan fingerprint density at radius 1 is 1.28 bits per heavy atom. The fourth-order valence-electron chi connectivity index (χ4n) is 3.06. The van der Waals surface area contributed by atoms with E-state index in [0.717, 1.165) is 31.5 Å². The third kappa shape index (κ3) is 4.98. The van der Waals surface area contributed by atoms with Gasteiger partial charge in [0, 0.05) is 37.0 Å². The number of aromatic nitrogens is 1. The Hall–Kier alpha value is -2.02. The van der Waals surface area contributed by atoms with Crippen molar-refractivity contribution in [1.29, 1.82) is 0 Å². The number of alkyl halides is 2. The lowest BCUT2D eigenvalue weighted by Gasteiger charge is -2.31. The zero-order valence-corrected chi connectivity index (χ0v) is 14.6. The molecule has 25 heavy (non-hydrogen) atoms. The van der Waals surface area contributed by atoms with Crippen LogP contribution >= 0.6 is 11.3 Å². The Labute approximate surface area is 149 Å². The minimum atomic E-state index is -2.82. The van der Waals surface area contributed by atoms with Crippen molar-refractivity contribution in [2.24, 2.45) is 0 Å². The quantitative estimate of drug-likeness (QED) is 0.774. The van der Waals surface area contributed by atoms with Crippen LogP contribution < -0.4 is 4.74 Å². The summed E-state index contributed by atoms with van der Waals surface area (Å²) in [5.74, 6) is 0.742. The molecule has 1 aromatic heterocycles. The Morgan fingerprint density at radius 2 is 2.00 bits per heavy atom. The van der Waals surface area contributed by atoms with E-state index in [-0.39, 0.29) is 11.7 Å². The maximum Gasteiger partial charge on any atom is 0.387 e. The van der Waals surface area contributed by atoms with Gasteiger partial charge in [0.2, 0.25) is 5.91 Å². The van der Waals surface area contributed by atoms with Gasteiger partial charge >= 0.3 is 6.61 Å². The third-order valence-electron chi connectivity index (χ3n) is 4.42. The third-order valence-corrected chi connectivity index (χ3v) is 5.36. The molecule has 134 valence electrons. The van der Waals surface area contributed by atoms with Crippen LogP contribution in [0.1, 0.15) is 35.8 Å². The SMILES string of the molecule is O=C(CCc1ccc(OC(F)F)cc1)N1CCC(c2nccs2)CC1. The predicted molar refractivity (Wildman–Crippen MR) is 92.1 cm³/mol. The van der Waals surface area contributed by atoms with E-state index >= 15 is 0 Å². The summed E-state index contributed by atoms with van der Waals surface area (Å²) < 4.78 is 28.6. The van der Waals surface area contributed by atoms with E-state index in [1.807, 2.05) is 16.5 Å². The summed E-state index contributed by atoms with van der Waals surface area (Å²) in [6, 6.07) is 6.45. The number of aryl methyl sites for hydroxylation is 1. The molecule has 7 heteroatoms. The van der Waals surface area contributed by atoms with Gasteiger partial charge in [-0.3, -0.25) is 4.79 Å². The van der Waals surface area contributed by atoms with Crippen LogP contribution in [0.3, 0.4) is 0 Å². The topological polar surface area (TPSA) is 42.4 Å². The van der Waals surface area contributed by atoms with Crippen LogP contribution in [0, 0.1) is 0 Å². The maximum absolute atomic E-state index is 12.4. The number of halogens is 2. The van der Waals surface area contributed by atoms with E-state index in [2.05, 4.69) is 9.72 Å². The van der Waals surface area contributed by atoms with Crippen LogP contribution in [0.15, 0.2) is 35.8 Å². The van der Waals surface area contributed by atoms with Crippen LogP contribution in [0.25, 0.3) is 0 Å². The molecule has 0 saturated carbocycles. The average molecular weight is 366 g/mol. The fourth-order valence-corrected chi connectivity index (χ4v) is 3.87. The summed E-state index contributed by atoms with van der Waals surface area (Å²) in [5.41, 5.74) is 0.938. The maximum atomic E-state index is 12.4. The van der Waals surface area contributed by atoms with Crippen molar-refractivity contribution in [3.63, 3.8) is 0 Å². The molecular weight excluding hydrogens is 346 g/mol. The number of hydrogen-bond acceptors (Lipinski definition) is 4. The van der Waals surface area contributed by atoms with Crippen LogP contribution in [-0.4, -0.2) is 35.5 Å². The fraction of sp³-hybridized carbons (Fsp3) is 0.444. The van der Waals surface area contributed by atoms with Crippen LogP contribution in [-0.2, 0) is 11.2 Å². The molecular formula is C18H20F2N2O2S. The number of thiazole rings is 1. The van der Waals surface area contributed by atoms with Crippen molar-refractivity contribution in [2.45, 2.75) is 38.2 Å². The Balaban J connectivity index is 1.44. The van der Waals surface area contributed by atoms with Gasteiger partial charge in [-0.25, -0.2) is 4.98 Å². The molecule has 0 spiro atoms. The van der Waals surface area contributed by atoms with E-state index in [1.165, 1.54) is 17.1 Å². The lowest BCUT2D eigenvalue weighted by Crippen LogP contribution is -2.38. The zero-order valence-electron chi connectivity index (χ0n) is 13.7. The number of hydrogen-bond donors (Lipinski definition) is 0. The number of amides is 1. The van der Waals surface area contributed by atoms with Gasteiger partial charge < -0.3 is 9.64 Å². The molecule has 1 amide bonds. The second-order valence-electron chi connectivity index (χ2n) is 6.05. The van der Waals surface area contributed by atoms with Crippen LogP contribution in [0.5, 0.6) is 5.75 Å². The zero-order chi connectivity index (χ0) is 17.6. The number of carbonyl (C=O) groups excluding carboxylic acids is 1. The minimum absolute atomic E-state index is 0.134. The van der Waals surface area contributed by atoms with Crippen molar-refractivity contribution < 1.29 is 18.3 Å². The minimum Gasteiger partial charge on any atom is -0.435 e. The lowest BCUT2D eigenvalue weighted by atomic mass is 9.97. The summed E-state index contributed by atoms with van der Waals surface area (Å²) >= 11 is 1.68. The van der Waals surface area contributed by atoms with Crippen LogP contribution in [0.4, 0.5) is 8.78 Å². The molecule has 4 nitrogen and oxygen atoms in total. The first-order valence-electron chi connectivity index (χ1n) is 8.33. The van der Waals surface area contributed by atoms with Gasteiger partial charge in [-0.2, -0.15) is 8.78 Å². The molecule has 0 N–H and O–H groups in total. The van der Waals surface area contributed by atoms with Gasteiger partial charge in [0.05, 0.1) is 5.01 Å². The molecule has 1 saturated heterocycles. The number of nitrogens with zero attached hydrogens (tertiary/aromatic N) is 2. The first kappa shape index (κ1) is 17.8. The van der Waals surface area contributed by atoms with E-state index in [1.54, 1.807) is 23.5 Å². The van der Waals surface area contributed by atoms with Crippen molar-refractivity contribution >= 4 is 17.2 Å². The van der Waals surface area contributed by atoms with Gasteiger partial charge in [0.1, 0.15) is 5.75 Å². The molecule has 1 fully saturated rings. The molecule has 0 bridgehead atoms. The highest BCUT2D eigenvalue weighted by Gasteiger charge is 2.24. The average Bonchev–Trinajstić information content (AvgIpc) is 3.15. The van der Waals surface area contributed by atoms with Gasteiger partial charge in [0.25, 0.3) is 0 Å². The summed E-state index contributed by atoms with van der Waals surface area (Å²) in [7, 11) is 0. The molecule has 0 aliphatic carbocycles. The number of likely N-dealkylation sites (tertiary alicyclic amines) is 1.